The molecule has 7 heteroatoms. The largest absolute Gasteiger partial charge is 0.476 e. The van der Waals surface area contributed by atoms with Crippen molar-refractivity contribution < 1.29 is 19.7 Å². The molecule has 1 rings (SSSR count). The lowest BCUT2D eigenvalue weighted by molar-refractivity contribution is 0.0615. The smallest absolute Gasteiger partial charge is 0.356 e. The lowest BCUT2D eigenvalue weighted by Gasteiger charge is -2.10. The number of rotatable bonds is 7. The van der Waals surface area contributed by atoms with Crippen LogP contribution in [0.5, 0.6) is 0 Å². The maximum atomic E-state index is 10.6. The normalized spacial score (nSPS) is 12.1. The van der Waals surface area contributed by atoms with Gasteiger partial charge in [-0.25, -0.2) is 9.78 Å². The van der Waals surface area contributed by atoms with E-state index in [2.05, 4.69) is 15.3 Å². The molecule has 0 radical (unpaired) electrons. The van der Waals surface area contributed by atoms with Gasteiger partial charge in [-0.3, -0.25) is 4.98 Å². The Morgan fingerprint density at radius 1 is 1.59 bits per heavy atom. The first-order valence-electron chi connectivity index (χ1n) is 5.09. The van der Waals surface area contributed by atoms with Gasteiger partial charge in [0.2, 0.25) is 0 Å². The summed E-state index contributed by atoms with van der Waals surface area (Å²) in [6.45, 7) is 0.727. The van der Waals surface area contributed by atoms with Gasteiger partial charge < -0.3 is 20.3 Å². The van der Waals surface area contributed by atoms with Crippen LogP contribution in [0.25, 0.3) is 0 Å². The lowest BCUT2D eigenvalue weighted by Crippen LogP contribution is -2.19. The standard InChI is InChI=1S/C10H15N3O4/c1-17-6-7(14)2-3-12-9-5-11-4-8(13-9)10(15)16/h4-5,7,14H,2-3,6H2,1H3,(H,12,13)(H,15,16). The highest BCUT2D eigenvalue weighted by Gasteiger charge is 2.06. The summed E-state index contributed by atoms with van der Waals surface area (Å²) in [6.07, 6.45) is 2.53. The Morgan fingerprint density at radius 3 is 3.00 bits per heavy atom. The van der Waals surface area contributed by atoms with Gasteiger partial charge >= 0.3 is 5.97 Å². The van der Waals surface area contributed by atoms with Crippen LogP contribution >= 0.6 is 0 Å². The molecule has 17 heavy (non-hydrogen) atoms. The van der Waals surface area contributed by atoms with Crippen LogP contribution in [0.15, 0.2) is 12.4 Å². The minimum atomic E-state index is -1.12. The lowest BCUT2D eigenvalue weighted by atomic mass is 10.2. The van der Waals surface area contributed by atoms with E-state index in [-0.39, 0.29) is 12.3 Å². The molecule has 0 fully saturated rings. The van der Waals surface area contributed by atoms with E-state index in [4.69, 9.17) is 9.84 Å². The molecule has 1 atom stereocenters. The van der Waals surface area contributed by atoms with E-state index in [0.29, 0.717) is 18.8 Å². The fourth-order valence-electron chi connectivity index (χ4n) is 1.20. The van der Waals surface area contributed by atoms with Gasteiger partial charge in [0.25, 0.3) is 0 Å². The highest BCUT2D eigenvalue weighted by Crippen LogP contribution is 2.03. The average molecular weight is 241 g/mol. The molecule has 1 unspecified atom stereocenters. The molecule has 0 amide bonds. The maximum absolute atomic E-state index is 10.6. The van der Waals surface area contributed by atoms with E-state index in [1.165, 1.54) is 19.5 Å². The third-order valence-corrected chi connectivity index (χ3v) is 2.00. The second-order valence-corrected chi connectivity index (χ2v) is 3.42. The molecule has 1 heterocycles. The quantitative estimate of drug-likeness (QED) is 0.616. The van der Waals surface area contributed by atoms with Crippen LogP contribution in [-0.4, -0.2) is 52.5 Å². The summed E-state index contributed by atoms with van der Waals surface area (Å²) in [4.78, 5) is 18.2. The molecule has 0 aliphatic heterocycles. The highest BCUT2D eigenvalue weighted by atomic mass is 16.5. The van der Waals surface area contributed by atoms with Gasteiger partial charge in [-0.05, 0) is 6.42 Å². The van der Waals surface area contributed by atoms with Crippen LogP contribution in [0.1, 0.15) is 16.9 Å². The molecule has 94 valence electrons. The van der Waals surface area contributed by atoms with Gasteiger partial charge in [0, 0.05) is 13.7 Å². The molecule has 1 aromatic heterocycles. The molecule has 0 spiro atoms. The van der Waals surface area contributed by atoms with Crippen LogP contribution in [0.4, 0.5) is 5.82 Å². The van der Waals surface area contributed by atoms with Crippen molar-refractivity contribution in [2.24, 2.45) is 0 Å². The van der Waals surface area contributed by atoms with Crippen molar-refractivity contribution in [1.82, 2.24) is 9.97 Å². The number of nitrogens with zero attached hydrogens (tertiary/aromatic N) is 2. The predicted molar refractivity (Wildman–Crippen MR) is 60.0 cm³/mol. The molecule has 0 aromatic carbocycles. The van der Waals surface area contributed by atoms with Crippen molar-refractivity contribution in [1.29, 1.82) is 0 Å². The number of aromatic nitrogens is 2. The Kier molecular flexibility index (Phi) is 5.31. The number of carboxylic acid groups (broad SMARTS) is 1. The molecular weight excluding hydrogens is 226 g/mol. The Labute approximate surface area is 98.5 Å². The molecule has 7 nitrogen and oxygen atoms in total. The van der Waals surface area contributed by atoms with Crippen molar-refractivity contribution in [2.45, 2.75) is 12.5 Å². The number of anilines is 1. The number of aromatic carboxylic acids is 1. The zero-order valence-electron chi connectivity index (χ0n) is 9.46. The number of ether oxygens (including phenoxy) is 1. The molecule has 0 aliphatic rings. The van der Waals surface area contributed by atoms with E-state index < -0.39 is 12.1 Å². The van der Waals surface area contributed by atoms with Crippen molar-refractivity contribution in [3.63, 3.8) is 0 Å². The van der Waals surface area contributed by atoms with E-state index in [1.54, 1.807) is 0 Å². The maximum Gasteiger partial charge on any atom is 0.356 e. The van der Waals surface area contributed by atoms with Crippen LogP contribution < -0.4 is 5.32 Å². The van der Waals surface area contributed by atoms with E-state index in [9.17, 15) is 9.90 Å². The molecule has 0 saturated heterocycles. The number of carboxylic acids is 1. The SMILES string of the molecule is COCC(O)CCNc1cncc(C(=O)O)n1. The summed E-state index contributed by atoms with van der Waals surface area (Å²) in [5, 5.41) is 21.0. The molecular formula is C10H15N3O4. The summed E-state index contributed by atoms with van der Waals surface area (Å²) in [6, 6.07) is 0. The monoisotopic (exact) mass is 241 g/mol. The van der Waals surface area contributed by atoms with Gasteiger partial charge in [0.05, 0.1) is 25.1 Å². The third-order valence-electron chi connectivity index (χ3n) is 2.00. The van der Waals surface area contributed by atoms with Crippen LogP contribution in [-0.2, 0) is 4.74 Å². The minimum absolute atomic E-state index is 0.118. The van der Waals surface area contributed by atoms with Crippen molar-refractivity contribution in [2.75, 3.05) is 25.6 Å². The predicted octanol–water partition coefficient (Wildman–Crippen LogP) is -0.0159. The van der Waals surface area contributed by atoms with E-state index in [0.717, 1.165) is 0 Å². The van der Waals surface area contributed by atoms with Gasteiger partial charge in [-0.1, -0.05) is 0 Å². The second-order valence-electron chi connectivity index (χ2n) is 3.42. The fraction of sp³-hybridized carbons (Fsp3) is 0.500. The van der Waals surface area contributed by atoms with Crippen LogP contribution in [0.2, 0.25) is 0 Å². The Bertz CT molecular complexity index is 372. The van der Waals surface area contributed by atoms with Gasteiger partial charge in [-0.15, -0.1) is 0 Å². The Balaban J connectivity index is 2.41. The van der Waals surface area contributed by atoms with Crippen molar-refractivity contribution >= 4 is 11.8 Å². The highest BCUT2D eigenvalue weighted by molar-refractivity contribution is 5.85. The fourth-order valence-corrected chi connectivity index (χ4v) is 1.20. The number of aliphatic hydroxyl groups is 1. The summed E-state index contributed by atoms with van der Waals surface area (Å²) < 4.78 is 4.77. The molecule has 0 bridgehead atoms. The van der Waals surface area contributed by atoms with Crippen molar-refractivity contribution in [3.8, 4) is 0 Å². The summed E-state index contributed by atoms with van der Waals surface area (Å²) >= 11 is 0. The zero-order valence-corrected chi connectivity index (χ0v) is 9.46. The first-order valence-corrected chi connectivity index (χ1v) is 5.09. The number of hydrogen-bond acceptors (Lipinski definition) is 6. The Morgan fingerprint density at radius 2 is 2.35 bits per heavy atom. The third kappa shape index (κ3) is 4.75. The van der Waals surface area contributed by atoms with Gasteiger partial charge in [-0.2, -0.15) is 0 Å². The number of carbonyl (C=O) groups is 1. The molecule has 3 N–H and O–H groups in total. The second kappa shape index (κ2) is 6.77. The van der Waals surface area contributed by atoms with Crippen molar-refractivity contribution in [3.05, 3.63) is 18.1 Å². The number of hydrogen-bond donors (Lipinski definition) is 3. The van der Waals surface area contributed by atoms with Gasteiger partial charge in [0.1, 0.15) is 5.82 Å². The minimum Gasteiger partial charge on any atom is -0.476 e. The molecule has 0 aliphatic carbocycles. The zero-order chi connectivity index (χ0) is 12.7. The molecule has 1 aromatic rings. The first kappa shape index (κ1) is 13.3. The Hall–Kier alpha value is -1.73. The summed E-state index contributed by atoms with van der Waals surface area (Å²) in [5.41, 5.74) is -0.118. The topological polar surface area (TPSA) is 105 Å². The average Bonchev–Trinajstić information content (AvgIpc) is 2.30. The molecule has 0 saturated carbocycles. The van der Waals surface area contributed by atoms with Crippen LogP contribution in [0, 0.1) is 0 Å². The summed E-state index contributed by atoms with van der Waals surface area (Å²) in [5.74, 6) is -0.755. The van der Waals surface area contributed by atoms with E-state index >= 15 is 0 Å². The summed E-state index contributed by atoms with van der Waals surface area (Å²) in [7, 11) is 1.51. The number of aliphatic hydroxyl groups excluding tert-OH is 1. The number of methoxy groups -OCH3 is 1. The number of nitrogens with one attached hydrogen (secondary N) is 1. The first-order chi connectivity index (χ1) is 8.13. The van der Waals surface area contributed by atoms with Crippen LogP contribution in [0.3, 0.4) is 0 Å². The van der Waals surface area contributed by atoms with E-state index in [1.807, 2.05) is 0 Å². The van der Waals surface area contributed by atoms with Gasteiger partial charge in [0.15, 0.2) is 5.69 Å².